The number of ketones is 1. The molecule has 0 aliphatic heterocycles. The third-order valence-electron chi connectivity index (χ3n) is 3.74. The SMILES string of the molecule is COc1ccc(C(=O)COC(=O)C[C@@H](NC(N)=O)c2ccc(Cl)cc2)cc1. The maximum absolute atomic E-state index is 12.1. The average molecular weight is 391 g/mol. The van der Waals surface area contributed by atoms with E-state index in [9.17, 15) is 14.4 Å². The Morgan fingerprint density at radius 1 is 1.07 bits per heavy atom. The summed E-state index contributed by atoms with van der Waals surface area (Å²) in [6.45, 7) is -0.408. The second-order valence-electron chi connectivity index (χ2n) is 5.63. The molecule has 0 radical (unpaired) electrons. The minimum atomic E-state index is -0.781. The number of benzene rings is 2. The maximum Gasteiger partial charge on any atom is 0.312 e. The summed E-state index contributed by atoms with van der Waals surface area (Å²) in [7, 11) is 1.52. The molecule has 3 N–H and O–H groups in total. The molecule has 0 bridgehead atoms. The molecule has 7 nitrogen and oxygen atoms in total. The number of urea groups is 1. The highest BCUT2D eigenvalue weighted by molar-refractivity contribution is 6.30. The van der Waals surface area contributed by atoms with Crippen molar-refractivity contribution in [1.82, 2.24) is 5.32 Å². The van der Waals surface area contributed by atoms with Crippen LogP contribution in [0.25, 0.3) is 0 Å². The smallest absolute Gasteiger partial charge is 0.312 e. The van der Waals surface area contributed by atoms with Crippen molar-refractivity contribution in [2.75, 3.05) is 13.7 Å². The van der Waals surface area contributed by atoms with Crippen LogP contribution in [0.15, 0.2) is 48.5 Å². The highest BCUT2D eigenvalue weighted by Crippen LogP contribution is 2.20. The summed E-state index contributed by atoms with van der Waals surface area (Å²) in [4.78, 5) is 35.4. The first-order chi connectivity index (χ1) is 12.9. The Morgan fingerprint density at radius 2 is 1.70 bits per heavy atom. The van der Waals surface area contributed by atoms with Gasteiger partial charge in [0.05, 0.1) is 19.6 Å². The van der Waals surface area contributed by atoms with Gasteiger partial charge in [-0.1, -0.05) is 23.7 Å². The third-order valence-corrected chi connectivity index (χ3v) is 3.99. The van der Waals surface area contributed by atoms with Gasteiger partial charge in [0, 0.05) is 10.6 Å². The molecule has 27 heavy (non-hydrogen) atoms. The van der Waals surface area contributed by atoms with Crippen LogP contribution >= 0.6 is 11.6 Å². The number of amides is 2. The molecular formula is C19H19ClN2O5. The van der Waals surface area contributed by atoms with E-state index < -0.39 is 24.6 Å². The van der Waals surface area contributed by atoms with E-state index in [1.54, 1.807) is 48.5 Å². The van der Waals surface area contributed by atoms with E-state index in [2.05, 4.69) is 5.32 Å². The highest BCUT2D eigenvalue weighted by Gasteiger charge is 2.19. The first-order valence-electron chi connectivity index (χ1n) is 8.03. The van der Waals surface area contributed by atoms with Crippen molar-refractivity contribution in [1.29, 1.82) is 0 Å². The number of carbonyl (C=O) groups is 3. The third kappa shape index (κ3) is 6.31. The van der Waals surface area contributed by atoms with E-state index in [0.717, 1.165) is 0 Å². The summed E-state index contributed by atoms with van der Waals surface area (Å²) in [5.41, 5.74) is 6.20. The molecule has 0 unspecified atom stereocenters. The molecule has 0 saturated carbocycles. The van der Waals surface area contributed by atoms with Gasteiger partial charge in [0.1, 0.15) is 5.75 Å². The first-order valence-corrected chi connectivity index (χ1v) is 8.41. The summed E-state index contributed by atoms with van der Waals surface area (Å²) >= 11 is 5.84. The Balaban J connectivity index is 1.95. The van der Waals surface area contributed by atoms with Crippen molar-refractivity contribution in [3.63, 3.8) is 0 Å². The van der Waals surface area contributed by atoms with Crippen LogP contribution in [0, 0.1) is 0 Å². The quantitative estimate of drug-likeness (QED) is 0.532. The van der Waals surface area contributed by atoms with Crippen LogP contribution in [-0.4, -0.2) is 31.5 Å². The predicted octanol–water partition coefficient (Wildman–Crippen LogP) is 2.87. The summed E-state index contributed by atoms with van der Waals surface area (Å²) in [6.07, 6.45) is -0.180. The number of rotatable bonds is 8. The van der Waals surface area contributed by atoms with Crippen LogP contribution < -0.4 is 15.8 Å². The van der Waals surface area contributed by atoms with Crippen LogP contribution in [0.3, 0.4) is 0 Å². The molecule has 142 valence electrons. The van der Waals surface area contributed by atoms with E-state index in [-0.39, 0.29) is 12.2 Å². The van der Waals surface area contributed by atoms with Gasteiger partial charge in [0.15, 0.2) is 12.4 Å². The summed E-state index contributed by atoms with van der Waals surface area (Å²) in [5, 5.41) is 2.99. The second-order valence-corrected chi connectivity index (χ2v) is 6.07. The van der Waals surface area contributed by atoms with Crippen molar-refractivity contribution in [2.24, 2.45) is 5.73 Å². The summed E-state index contributed by atoms with van der Waals surface area (Å²) < 4.78 is 10.1. The van der Waals surface area contributed by atoms with E-state index in [4.69, 9.17) is 26.8 Å². The van der Waals surface area contributed by atoms with Gasteiger partial charge in [-0.3, -0.25) is 9.59 Å². The number of hydrogen-bond donors (Lipinski definition) is 2. The van der Waals surface area contributed by atoms with Crippen molar-refractivity contribution in [3.05, 3.63) is 64.7 Å². The second kappa shape index (κ2) is 9.59. The maximum atomic E-state index is 12.1. The number of ether oxygens (including phenoxy) is 2. The monoisotopic (exact) mass is 390 g/mol. The van der Waals surface area contributed by atoms with Crippen LogP contribution in [0.4, 0.5) is 4.79 Å². The molecular weight excluding hydrogens is 372 g/mol. The van der Waals surface area contributed by atoms with E-state index >= 15 is 0 Å². The predicted molar refractivity (Wildman–Crippen MR) is 99.8 cm³/mol. The van der Waals surface area contributed by atoms with Gasteiger partial charge in [0.25, 0.3) is 0 Å². The van der Waals surface area contributed by atoms with Crippen molar-refractivity contribution >= 4 is 29.4 Å². The lowest BCUT2D eigenvalue weighted by Gasteiger charge is -2.17. The molecule has 0 aliphatic carbocycles. The number of Topliss-reactive ketones (excluding diaryl/α,β-unsaturated/α-hetero) is 1. The van der Waals surface area contributed by atoms with Crippen molar-refractivity contribution < 1.29 is 23.9 Å². The van der Waals surface area contributed by atoms with Crippen LogP contribution in [-0.2, 0) is 9.53 Å². The topological polar surface area (TPSA) is 108 Å². The summed E-state index contributed by atoms with van der Waals surface area (Å²) in [6, 6.07) is 11.6. The molecule has 0 aromatic heterocycles. The number of methoxy groups -OCH3 is 1. The lowest BCUT2D eigenvalue weighted by molar-refractivity contribution is -0.143. The lowest BCUT2D eigenvalue weighted by Crippen LogP contribution is -2.34. The van der Waals surface area contributed by atoms with Gasteiger partial charge >= 0.3 is 12.0 Å². The first kappa shape index (κ1) is 20.3. The molecule has 2 amide bonds. The molecule has 2 aromatic carbocycles. The Hall–Kier alpha value is -3.06. The molecule has 1 atom stereocenters. The number of carbonyl (C=O) groups excluding carboxylic acids is 3. The number of halogens is 1. The van der Waals surface area contributed by atoms with Gasteiger partial charge in [-0.05, 0) is 42.0 Å². The van der Waals surface area contributed by atoms with Crippen LogP contribution in [0.1, 0.15) is 28.4 Å². The molecule has 0 fully saturated rings. The van der Waals surface area contributed by atoms with Gasteiger partial charge in [-0.15, -0.1) is 0 Å². The Labute approximate surface area is 161 Å². The van der Waals surface area contributed by atoms with Gasteiger partial charge in [0.2, 0.25) is 0 Å². The van der Waals surface area contributed by atoms with E-state index in [0.29, 0.717) is 21.9 Å². The molecule has 0 aliphatic rings. The Kier molecular flexibility index (Phi) is 7.19. The molecule has 0 saturated heterocycles. The average Bonchev–Trinajstić information content (AvgIpc) is 2.66. The fraction of sp³-hybridized carbons (Fsp3) is 0.211. The van der Waals surface area contributed by atoms with Crippen LogP contribution in [0.5, 0.6) is 5.75 Å². The molecule has 2 rings (SSSR count). The Bertz CT molecular complexity index is 806. The van der Waals surface area contributed by atoms with Gasteiger partial charge in [-0.25, -0.2) is 4.79 Å². The zero-order valence-corrected chi connectivity index (χ0v) is 15.4. The number of hydrogen-bond acceptors (Lipinski definition) is 5. The number of nitrogens with two attached hydrogens (primary N) is 1. The lowest BCUT2D eigenvalue weighted by atomic mass is 10.0. The molecule has 0 heterocycles. The van der Waals surface area contributed by atoms with Gasteiger partial charge in [-0.2, -0.15) is 0 Å². The van der Waals surface area contributed by atoms with E-state index in [1.165, 1.54) is 7.11 Å². The number of esters is 1. The minimum absolute atomic E-state index is 0.180. The molecule has 2 aromatic rings. The zero-order chi connectivity index (χ0) is 19.8. The van der Waals surface area contributed by atoms with Gasteiger partial charge < -0.3 is 20.5 Å². The fourth-order valence-electron chi connectivity index (χ4n) is 2.35. The minimum Gasteiger partial charge on any atom is -0.497 e. The number of primary amides is 1. The zero-order valence-electron chi connectivity index (χ0n) is 14.6. The molecule has 0 spiro atoms. The fourth-order valence-corrected chi connectivity index (χ4v) is 2.48. The highest BCUT2D eigenvalue weighted by atomic mass is 35.5. The van der Waals surface area contributed by atoms with Crippen LogP contribution in [0.2, 0.25) is 5.02 Å². The standard InChI is InChI=1S/C19H19ClN2O5/c1-26-15-8-4-13(5-9-15)17(23)11-27-18(24)10-16(22-19(21)25)12-2-6-14(20)7-3-12/h2-9,16H,10-11H2,1H3,(H3,21,22,25)/t16-/m1/s1. The van der Waals surface area contributed by atoms with Crippen molar-refractivity contribution in [2.45, 2.75) is 12.5 Å². The number of nitrogens with one attached hydrogen (secondary N) is 1. The summed E-state index contributed by atoms with van der Waals surface area (Å²) in [5.74, 6) is -0.380. The largest absolute Gasteiger partial charge is 0.497 e. The normalized spacial score (nSPS) is 11.3. The Morgan fingerprint density at radius 3 is 2.26 bits per heavy atom. The van der Waals surface area contributed by atoms with E-state index in [1.807, 2.05) is 0 Å². The van der Waals surface area contributed by atoms with Crippen molar-refractivity contribution in [3.8, 4) is 5.75 Å². The molecule has 8 heteroatoms.